The van der Waals surface area contributed by atoms with Crippen molar-refractivity contribution in [1.29, 1.82) is 0 Å². The molecule has 2 saturated carbocycles. The molecule has 0 amide bonds. The Morgan fingerprint density at radius 2 is 1.21 bits per heavy atom. The fourth-order valence-corrected chi connectivity index (χ4v) is 6.15. The SMILES string of the molecule is COc1cccc(OC)c1-c1ccc(P)c(C2CCCCC2)c1C1CCCCC1. The summed E-state index contributed by atoms with van der Waals surface area (Å²) in [5.41, 5.74) is 5.66. The van der Waals surface area contributed by atoms with Crippen LogP contribution in [0, 0.1) is 0 Å². The van der Waals surface area contributed by atoms with E-state index in [1.807, 2.05) is 6.07 Å². The molecule has 4 rings (SSSR count). The summed E-state index contributed by atoms with van der Waals surface area (Å²) in [4.78, 5) is 0. The molecule has 0 bridgehead atoms. The Labute approximate surface area is 178 Å². The van der Waals surface area contributed by atoms with Crippen molar-refractivity contribution in [3.8, 4) is 22.6 Å². The van der Waals surface area contributed by atoms with Crippen molar-refractivity contribution in [3.05, 3.63) is 41.5 Å². The Kier molecular flexibility index (Phi) is 6.81. The van der Waals surface area contributed by atoms with Gasteiger partial charge in [0.05, 0.1) is 19.8 Å². The Morgan fingerprint density at radius 1 is 0.690 bits per heavy atom. The molecule has 1 unspecified atom stereocenters. The molecule has 29 heavy (non-hydrogen) atoms. The predicted octanol–water partition coefficient (Wildman–Crippen LogP) is 6.97. The lowest BCUT2D eigenvalue weighted by Gasteiger charge is -2.33. The molecule has 0 heterocycles. The first-order valence-corrected chi connectivity index (χ1v) is 12.0. The van der Waals surface area contributed by atoms with Gasteiger partial charge in [-0.2, -0.15) is 0 Å². The Morgan fingerprint density at radius 3 is 1.72 bits per heavy atom. The molecule has 3 heteroatoms. The minimum atomic E-state index is 0.644. The molecule has 0 N–H and O–H groups in total. The van der Waals surface area contributed by atoms with Crippen molar-refractivity contribution in [2.75, 3.05) is 14.2 Å². The van der Waals surface area contributed by atoms with E-state index in [4.69, 9.17) is 9.47 Å². The van der Waals surface area contributed by atoms with Crippen LogP contribution in [0.15, 0.2) is 30.3 Å². The molecular formula is C26H35O2P. The van der Waals surface area contributed by atoms with E-state index in [9.17, 15) is 0 Å². The van der Waals surface area contributed by atoms with Gasteiger partial charge in [-0.25, -0.2) is 0 Å². The first kappa shape index (κ1) is 20.7. The highest BCUT2D eigenvalue weighted by atomic mass is 31.0. The van der Waals surface area contributed by atoms with E-state index >= 15 is 0 Å². The van der Waals surface area contributed by atoms with Crippen LogP contribution >= 0.6 is 9.24 Å². The highest BCUT2D eigenvalue weighted by Gasteiger charge is 2.29. The summed E-state index contributed by atoms with van der Waals surface area (Å²) < 4.78 is 11.6. The molecule has 2 aromatic carbocycles. The minimum Gasteiger partial charge on any atom is -0.496 e. The monoisotopic (exact) mass is 410 g/mol. The molecule has 2 aromatic rings. The average Bonchev–Trinajstić information content (AvgIpc) is 2.79. The summed E-state index contributed by atoms with van der Waals surface area (Å²) in [6, 6.07) is 10.8. The third-order valence-corrected chi connectivity index (χ3v) is 7.55. The molecule has 1 atom stereocenters. The van der Waals surface area contributed by atoms with Gasteiger partial charge in [0.2, 0.25) is 0 Å². The van der Waals surface area contributed by atoms with Crippen LogP contribution in [0.5, 0.6) is 11.5 Å². The second kappa shape index (κ2) is 9.52. The molecular weight excluding hydrogens is 375 g/mol. The normalized spacial score (nSPS) is 18.6. The van der Waals surface area contributed by atoms with Crippen molar-refractivity contribution >= 4 is 14.5 Å². The lowest BCUT2D eigenvalue weighted by atomic mass is 9.73. The topological polar surface area (TPSA) is 18.5 Å². The van der Waals surface area contributed by atoms with Crippen LogP contribution in [0.2, 0.25) is 0 Å². The number of benzene rings is 2. The van der Waals surface area contributed by atoms with Crippen molar-refractivity contribution in [2.45, 2.75) is 76.0 Å². The van der Waals surface area contributed by atoms with E-state index in [0.29, 0.717) is 11.8 Å². The highest BCUT2D eigenvalue weighted by Crippen LogP contribution is 2.48. The second-order valence-electron chi connectivity index (χ2n) is 8.74. The summed E-state index contributed by atoms with van der Waals surface area (Å²) in [6.07, 6.45) is 13.4. The molecule has 156 valence electrons. The van der Waals surface area contributed by atoms with Crippen molar-refractivity contribution in [3.63, 3.8) is 0 Å². The first-order chi connectivity index (χ1) is 14.2. The van der Waals surface area contributed by atoms with Gasteiger partial charge in [0.25, 0.3) is 0 Å². The van der Waals surface area contributed by atoms with Gasteiger partial charge in [0, 0.05) is 0 Å². The number of hydrogen-bond donors (Lipinski definition) is 0. The van der Waals surface area contributed by atoms with Crippen LogP contribution in [-0.2, 0) is 0 Å². The van der Waals surface area contributed by atoms with Crippen LogP contribution in [0.3, 0.4) is 0 Å². The lowest BCUT2D eigenvalue weighted by Crippen LogP contribution is -2.19. The van der Waals surface area contributed by atoms with E-state index in [2.05, 4.69) is 33.5 Å². The number of ether oxygens (including phenoxy) is 2. The third kappa shape index (κ3) is 4.19. The van der Waals surface area contributed by atoms with Gasteiger partial charge in [-0.1, -0.05) is 56.7 Å². The van der Waals surface area contributed by atoms with Gasteiger partial charge in [-0.15, -0.1) is 9.24 Å². The largest absolute Gasteiger partial charge is 0.496 e. The molecule has 0 saturated heterocycles. The van der Waals surface area contributed by atoms with Crippen LogP contribution in [-0.4, -0.2) is 14.2 Å². The zero-order chi connectivity index (χ0) is 20.2. The summed E-state index contributed by atoms with van der Waals surface area (Å²) in [7, 11) is 6.60. The number of methoxy groups -OCH3 is 2. The first-order valence-electron chi connectivity index (χ1n) is 11.4. The van der Waals surface area contributed by atoms with E-state index in [0.717, 1.165) is 17.1 Å². The zero-order valence-corrected chi connectivity index (χ0v) is 19.2. The highest BCUT2D eigenvalue weighted by molar-refractivity contribution is 7.27. The van der Waals surface area contributed by atoms with Crippen LogP contribution in [0.1, 0.15) is 87.2 Å². The maximum Gasteiger partial charge on any atom is 0.130 e. The van der Waals surface area contributed by atoms with Crippen molar-refractivity contribution < 1.29 is 9.47 Å². The van der Waals surface area contributed by atoms with Crippen LogP contribution in [0.4, 0.5) is 0 Å². The van der Waals surface area contributed by atoms with Gasteiger partial charge >= 0.3 is 0 Å². The quantitative estimate of drug-likeness (QED) is 0.496. The van der Waals surface area contributed by atoms with Gasteiger partial charge < -0.3 is 9.47 Å². The zero-order valence-electron chi connectivity index (χ0n) is 18.0. The summed E-state index contributed by atoms with van der Waals surface area (Å²) in [5.74, 6) is 3.15. The van der Waals surface area contributed by atoms with E-state index in [1.165, 1.54) is 75.1 Å². The Bertz CT molecular complexity index is 811. The number of hydrogen-bond acceptors (Lipinski definition) is 2. The Hall–Kier alpha value is -1.53. The average molecular weight is 411 g/mol. The summed E-state index contributed by atoms with van der Waals surface area (Å²) in [6.45, 7) is 0. The molecule has 2 nitrogen and oxygen atoms in total. The second-order valence-corrected chi connectivity index (χ2v) is 9.36. The molecule has 2 fully saturated rings. The fourth-order valence-electron chi connectivity index (χ4n) is 5.67. The van der Waals surface area contributed by atoms with E-state index in [1.54, 1.807) is 25.3 Å². The summed E-state index contributed by atoms with van der Waals surface area (Å²) in [5, 5.41) is 1.40. The van der Waals surface area contributed by atoms with Gasteiger partial charge in [-0.05, 0) is 71.6 Å². The fraction of sp³-hybridized carbons (Fsp3) is 0.538. The Balaban J connectivity index is 1.95. The van der Waals surface area contributed by atoms with Gasteiger partial charge in [-0.3, -0.25) is 0 Å². The van der Waals surface area contributed by atoms with Gasteiger partial charge in [0.15, 0.2) is 0 Å². The standard InChI is InChI=1S/C26H35O2P/c1-27-21-14-9-15-22(28-2)26(21)20-16-17-23(29)25(19-12-7-4-8-13-19)24(20)18-10-5-3-6-11-18/h9,14-19H,3-8,10-13,29H2,1-2H3. The third-order valence-electron chi connectivity index (χ3n) is 7.04. The maximum absolute atomic E-state index is 5.81. The summed E-state index contributed by atoms with van der Waals surface area (Å²) >= 11 is 0. The molecule has 2 aliphatic rings. The van der Waals surface area contributed by atoms with Crippen LogP contribution < -0.4 is 14.8 Å². The van der Waals surface area contributed by atoms with E-state index in [-0.39, 0.29) is 0 Å². The lowest BCUT2D eigenvalue weighted by molar-refractivity contribution is 0.396. The van der Waals surface area contributed by atoms with E-state index < -0.39 is 0 Å². The molecule has 0 aliphatic heterocycles. The molecule has 0 radical (unpaired) electrons. The van der Waals surface area contributed by atoms with Crippen LogP contribution in [0.25, 0.3) is 11.1 Å². The molecule has 0 spiro atoms. The minimum absolute atomic E-state index is 0.644. The maximum atomic E-state index is 5.81. The predicted molar refractivity (Wildman–Crippen MR) is 126 cm³/mol. The molecule has 2 aliphatic carbocycles. The van der Waals surface area contributed by atoms with Crippen molar-refractivity contribution in [2.24, 2.45) is 0 Å². The smallest absolute Gasteiger partial charge is 0.130 e. The van der Waals surface area contributed by atoms with Gasteiger partial charge in [0.1, 0.15) is 11.5 Å². The molecule has 0 aromatic heterocycles. The van der Waals surface area contributed by atoms with Crippen molar-refractivity contribution in [1.82, 2.24) is 0 Å². The number of rotatable bonds is 5.